The molecule has 1 aliphatic heterocycles. The van der Waals surface area contributed by atoms with Crippen molar-refractivity contribution in [2.45, 2.75) is 52.3 Å². The van der Waals surface area contributed by atoms with E-state index in [9.17, 15) is 19.2 Å². The molecular weight excluding hydrogens is 300 g/mol. The highest BCUT2D eigenvalue weighted by atomic mass is 16.8. The Kier molecular flexibility index (Phi) is 6.29. The maximum atomic E-state index is 11.2. The lowest BCUT2D eigenvalue weighted by Crippen LogP contribution is -2.42. The molecule has 0 aromatic heterocycles. The number of carbonyl (C=O) groups excluding carboxylic acids is 4. The molecule has 1 heterocycles. The van der Waals surface area contributed by atoms with Gasteiger partial charge < -0.3 is 23.7 Å². The van der Waals surface area contributed by atoms with Gasteiger partial charge in [0.2, 0.25) is 12.4 Å². The summed E-state index contributed by atoms with van der Waals surface area (Å²) in [6.45, 7) is 4.40. The molecule has 1 fully saturated rings. The summed E-state index contributed by atoms with van der Waals surface area (Å²) in [6.07, 6.45) is -4.40. The molecule has 0 N–H and O–H groups in total. The molecular formula is C13H18O9. The van der Waals surface area contributed by atoms with E-state index in [1.807, 2.05) is 0 Å². The summed E-state index contributed by atoms with van der Waals surface area (Å²) < 4.78 is 25.2. The van der Waals surface area contributed by atoms with Gasteiger partial charge in [-0.25, -0.2) is 0 Å². The Morgan fingerprint density at radius 3 is 1.73 bits per heavy atom. The van der Waals surface area contributed by atoms with Gasteiger partial charge in [0.1, 0.15) is 12.7 Å². The van der Waals surface area contributed by atoms with Crippen molar-refractivity contribution < 1.29 is 42.9 Å². The van der Waals surface area contributed by atoms with Gasteiger partial charge in [0.05, 0.1) is 0 Å². The van der Waals surface area contributed by atoms with Crippen molar-refractivity contribution in [1.29, 1.82) is 0 Å². The van der Waals surface area contributed by atoms with E-state index in [1.165, 1.54) is 6.92 Å². The predicted molar refractivity (Wildman–Crippen MR) is 68.2 cm³/mol. The summed E-state index contributed by atoms with van der Waals surface area (Å²) in [5, 5.41) is 0. The largest absolute Gasteiger partial charge is 0.463 e. The summed E-state index contributed by atoms with van der Waals surface area (Å²) in [4.78, 5) is 44.4. The fourth-order valence-electron chi connectivity index (χ4n) is 1.93. The van der Waals surface area contributed by atoms with Gasteiger partial charge in [0, 0.05) is 27.7 Å². The Hall–Kier alpha value is -2.16. The monoisotopic (exact) mass is 318 g/mol. The van der Waals surface area contributed by atoms with E-state index in [4.69, 9.17) is 23.7 Å². The van der Waals surface area contributed by atoms with Crippen LogP contribution in [-0.2, 0) is 42.9 Å². The Morgan fingerprint density at radius 1 is 0.773 bits per heavy atom. The first kappa shape index (κ1) is 17.9. The van der Waals surface area contributed by atoms with Crippen LogP contribution in [-0.4, -0.2) is 55.1 Å². The van der Waals surface area contributed by atoms with Crippen LogP contribution in [0.1, 0.15) is 27.7 Å². The maximum absolute atomic E-state index is 11.2. The highest BCUT2D eigenvalue weighted by molar-refractivity contribution is 5.68. The average molecular weight is 318 g/mol. The highest BCUT2D eigenvalue weighted by Crippen LogP contribution is 2.28. The van der Waals surface area contributed by atoms with Crippen molar-refractivity contribution >= 4 is 23.9 Å². The Bertz CT molecular complexity index is 458. The number of hydrogen-bond acceptors (Lipinski definition) is 9. The van der Waals surface area contributed by atoms with Gasteiger partial charge in [-0.15, -0.1) is 0 Å². The number of carbonyl (C=O) groups is 4. The second kappa shape index (κ2) is 7.74. The van der Waals surface area contributed by atoms with Gasteiger partial charge in [-0.05, 0) is 0 Å². The molecule has 1 unspecified atom stereocenters. The van der Waals surface area contributed by atoms with E-state index in [1.54, 1.807) is 0 Å². The molecule has 0 bridgehead atoms. The molecule has 4 atom stereocenters. The fourth-order valence-corrected chi connectivity index (χ4v) is 1.93. The quantitative estimate of drug-likeness (QED) is 0.497. The Labute approximate surface area is 126 Å². The molecule has 22 heavy (non-hydrogen) atoms. The molecule has 0 spiro atoms. The zero-order valence-corrected chi connectivity index (χ0v) is 12.7. The topological polar surface area (TPSA) is 114 Å². The van der Waals surface area contributed by atoms with Crippen LogP contribution in [0.25, 0.3) is 0 Å². The maximum Gasteiger partial charge on any atom is 0.305 e. The second-order valence-electron chi connectivity index (χ2n) is 4.60. The van der Waals surface area contributed by atoms with Crippen molar-refractivity contribution in [1.82, 2.24) is 0 Å². The SMILES string of the molecule is CC(=O)OC[C@H]1O[C@H](OC(C)=O)C(OC(C)=O)[C@H]1OC(C)=O. The van der Waals surface area contributed by atoms with Crippen molar-refractivity contribution in [3.63, 3.8) is 0 Å². The number of ether oxygens (including phenoxy) is 5. The van der Waals surface area contributed by atoms with Gasteiger partial charge in [0.15, 0.2) is 6.10 Å². The molecule has 9 nitrogen and oxygen atoms in total. The van der Waals surface area contributed by atoms with E-state index in [-0.39, 0.29) is 6.61 Å². The smallest absolute Gasteiger partial charge is 0.305 e. The van der Waals surface area contributed by atoms with Crippen LogP contribution < -0.4 is 0 Å². The van der Waals surface area contributed by atoms with Crippen molar-refractivity contribution in [3.05, 3.63) is 0 Å². The van der Waals surface area contributed by atoms with Crippen LogP contribution in [0, 0.1) is 0 Å². The van der Waals surface area contributed by atoms with Crippen molar-refractivity contribution in [2.75, 3.05) is 6.61 Å². The molecule has 0 aliphatic carbocycles. The van der Waals surface area contributed by atoms with Gasteiger partial charge in [-0.1, -0.05) is 0 Å². The van der Waals surface area contributed by atoms with Gasteiger partial charge >= 0.3 is 23.9 Å². The number of esters is 4. The van der Waals surface area contributed by atoms with E-state index >= 15 is 0 Å². The zero-order chi connectivity index (χ0) is 16.9. The summed E-state index contributed by atoms with van der Waals surface area (Å²) in [5.41, 5.74) is 0. The highest BCUT2D eigenvalue weighted by Gasteiger charge is 2.51. The third kappa shape index (κ3) is 5.32. The van der Waals surface area contributed by atoms with E-state index in [0.717, 1.165) is 20.8 Å². The molecule has 1 aliphatic rings. The standard InChI is InChI=1S/C13H18O9/c1-6(14)18-5-10-11(19-7(2)15)12(20-8(3)16)13(22-10)21-9(4)17/h10-13H,5H2,1-4H3/t10-,11+,12?,13+/m1/s1. The van der Waals surface area contributed by atoms with E-state index in [2.05, 4.69) is 0 Å². The van der Waals surface area contributed by atoms with Gasteiger partial charge in [-0.3, -0.25) is 19.2 Å². The molecule has 1 saturated heterocycles. The lowest BCUT2D eigenvalue weighted by atomic mass is 10.1. The van der Waals surface area contributed by atoms with E-state index < -0.39 is 48.5 Å². The molecule has 0 saturated carbocycles. The van der Waals surface area contributed by atoms with Crippen LogP contribution in [0.15, 0.2) is 0 Å². The molecule has 9 heteroatoms. The van der Waals surface area contributed by atoms with Crippen LogP contribution in [0.3, 0.4) is 0 Å². The minimum absolute atomic E-state index is 0.247. The summed E-state index contributed by atoms with van der Waals surface area (Å²) in [5.74, 6) is -2.56. The first-order valence-electron chi connectivity index (χ1n) is 6.51. The van der Waals surface area contributed by atoms with Gasteiger partial charge in [-0.2, -0.15) is 0 Å². The average Bonchev–Trinajstić information content (AvgIpc) is 2.63. The summed E-state index contributed by atoms with van der Waals surface area (Å²) >= 11 is 0. The Balaban J connectivity index is 2.94. The van der Waals surface area contributed by atoms with E-state index in [0.29, 0.717) is 0 Å². The first-order chi connectivity index (χ1) is 10.2. The normalized spacial score (nSPS) is 26.9. The van der Waals surface area contributed by atoms with Crippen LogP contribution in [0.5, 0.6) is 0 Å². The summed E-state index contributed by atoms with van der Waals surface area (Å²) in [7, 11) is 0. The third-order valence-corrected chi connectivity index (χ3v) is 2.60. The predicted octanol–water partition coefficient (Wildman–Crippen LogP) is -0.299. The summed E-state index contributed by atoms with van der Waals surface area (Å²) in [6, 6.07) is 0. The Morgan fingerprint density at radius 2 is 1.27 bits per heavy atom. The van der Waals surface area contributed by atoms with Crippen LogP contribution >= 0.6 is 0 Å². The molecule has 0 amide bonds. The minimum atomic E-state index is -1.26. The lowest BCUT2D eigenvalue weighted by Gasteiger charge is -2.22. The molecule has 124 valence electrons. The van der Waals surface area contributed by atoms with Crippen LogP contribution in [0.2, 0.25) is 0 Å². The van der Waals surface area contributed by atoms with Crippen molar-refractivity contribution in [2.24, 2.45) is 0 Å². The number of hydrogen-bond donors (Lipinski definition) is 0. The van der Waals surface area contributed by atoms with Crippen molar-refractivity contribution in [3.8, 4) is 0 Å². The number of rotatable bonds is 5. The van der Waals surface area contributed by atoms with Gasteiger partial charge in [0.25, 0.3) is 0 Å². The fraction of sp³-hybridized carbons (Fsp3) is 0.692. The zero-order valence-electron chi connectivity index (χ0n) is 12.7. The van der Waals surface area contributed by atoms with Crippen LogP contribution in [0.4, 0.5) is 0 Å². The minimum Gasteiger partial charge on any atom is -0.463 e. The molecule has 1 rings (SSSR count). The molecule has 0 radical (unpaired) electrons. The lowest BCUT2D eigenvalue weighted by molar-refractivity contribution is -0.197. The molecule has 0 aromatic rings. The first-order valence-corrected chi connectivity index (χ1v) is 6.51. The third-order valence-electron chi connectivity index (χ3n) is 2.60. The molecule has 0 aromatic carbocycles. The second-order valence-corrected chi connectivity index (χ2v) is 4.60.